The van der Waals surface area contributed by atoms with Crippen molar-refractivity contribution in [1.82, 2.24) is 4.72 Å². The molecule has 0 unspecified atom stereocenters. The lowest BCUT2D eigenvalue weighted by Crippen LogP contribution is -2.47. The number of hydrogen-bond acceptors (Lipinski definition) is 5. The van der Waals surface area contributed by atoms with Crippen LogP contribution in [-0.4, -0.2) is 34.5 Å². The number of nitrogens with one attached hydrogen (secondary N) is 1. The van der Waals surface area contributed by atoms with Crippen LogP contribution in [0.1, 0.15) is 13.3 Å². The van der Waals surface area contributed by atoms with Crippen LogP contribution in [0.4, 0.5) is 5.69 Å². The van der Waals surface area contributed by atoms with E-state index in [-0.39, 0.29) is 11.3 Å². The molecule has 0 saturated carbocycles. The van der Waals surface area contributed by atoms with Crippen molar-refractivity contribution in [2.75, 3.05) is 19.0 Å². The van der Waals surface area contributed by atoms with Gasteiger partial charge in [0, 0.05) is 30.6 Å². The van der Waals surface area contributed by atoms with E-state index in [1.165, 1.54) is 6.07 Å². The normalized spacial score (nSPS) is 13.0. The van der Waals surface area contributed by atoms with Crippen LogP contribution < -0.4 is 14.7 Å². The Morgan fingerprint density at radius 3 is 2.35 bits per heavy atom. The summed E-state index contributed by atoms with van der Waals surface area (Å²) in [5.74, 6) is -1.44. The molecule has 1 atom stereocenters. The summed E-state index contributed by atoms with van der Waals surface area (Å²) in [4.78, 5) is 12.9. The summed E-state index contributed by atoms with van der Waals surface area (Å²) in [5.41, 5.74) is 0.881. The van der Waals surface area contributed by atoms with Gasteiger partial charge in [-0.2, -0.15) is 0 Å². The van der Waals surface area contributed by atoms with Gasteiger partial charge < -0.3 is 14.8 Å². The molecule has 0 aliphatic carbocycles. The van der Waals surface area contributed by atoms with Crippen molar-refractivity contribution in [3.63, 3.8) is 0 Å². The largest absolute Gasteiger partial charge is 0.548 e. The minimum absolute atomic E-state index is 0.0541. The lowest BCUT2D eigenvalue weighted by atomic mass is 10.1. The zero-order chi connectivity index (χ0) is 17.2. The molecule has 0 radical (unpaired) electrons. The molecule has 1 N–H and O–H groups in total. The van der Waals surface area contributed by atoms with Crippen molar-refractivity contribution >= 4 is 32.5 Å². The average molecular weight is 335 g/mol. The molecule has 0 aromatic heterocycles. The second-order valence-corrected chi connectivity index (χ2v) is 7.11. The van der Waals surface area contributed by atoms with Gasteiger partial charge in [0.25, 0.3) is 0 Å². The van der Waals surface area contributed by atoms with Gasteiger partial charge in [0.05, 0.1) is 16.9 Å². The maximum atomic E-state index is 12.6. The molecular formula is C16H19N2O4S-. The molecule has 2 aromatic carbocycles. The Balaban J connectivity index is 2.59. The number of anilines is 1. The number of fused-ring (bicyclic) bond motifs is 1. The fraction of sp³-hybridized carbons (Fsp3) is 0.312. The summed E-state index contributed by atoms with van der Waals surface area (Å²) in [6, 6.07) is 9.05. The lowest BCUT2D eigenvalue weighted by molar-refractivity contribution is -0.308. The van der Waals surface area contributed by atoms with Crippen LogP contribution in [0, 0.1) is 0 Å². The number of carboxylic acid groups (broad SMARTS) is 1. The maximum Gasteiger partial charge on any atom is 0.241 e. The second-order valence-electron chi connectivity index (χ2n) is 5.42. The van der Waals surface area contributed by atoms with Gasteiger partial charge in [-0.15, -0.1) is 0 Å². The smallest absolute Gasteiger partial charge is 0.241 e. The topological polar surface area (TPSA) is 89.5 Å². The number of rotatable bonds is 6. The minimum atomic E-state index is -3.98. The van der Waals surface area contributed by atoms with E-state index in [4.69, 9.17) is 0 Å². The van der Waals surface area contributed by atoms with Crippen molar-refractivity contribution < 1.29 is 18.3 Å². The number of aliphatic carboxylic acids is 1. The predicted molar refractivity (Wildman–Crippen MR) is 87.7 cm³/mol. The third-order valence-electron chi connectivity index (χ3n) is 3.62. The molecule has 0 heterocycles. The van der Waals surface area contributed by atoms with E-state index in [0.29, 0.717) is 5.39 Å². The Labute approximate surface area is 135 Å². The Morgan fingerprint density at radius 1 is 1.17 bits per heavy atom. The van der Waals surface area contributed by atoms with Crippen molar-refractivity contribution in [1.29, 1.82) is 0 Å². The monoisotopic (exact) mass is 335 g/mol. The molecule has 0 spiro atoms. The first kappa shape index (κ1) is 17.2. The fourth-order valence-corrected chi connectivity index (χ4v) is 3.93. The van der Waals surface area contributed by atoms with E-state index < -0.39 is 22.0 Å². The van der Waals surface area contributed by atoms with E-state index in [2.05, 4.69) is 4.72 Å². The Morgan fingerprint density at radius 2 is 1.78 bits per heavy atom. The van der Waals surface area contributed by atoms with Gasteiger partial charge in [0.1, 0.15) is 0 Å². The molecule has 124 valence electrons. The quantitative estimate of drug-likeness (QED) is 0.840. The van der Waals surface area contributed by atoms with E-state index in [1.807, 2.05) is 31.1 Å². The van der Waals surface area contributed by atoms with Crippen LogP contribution in [0.5, 0.6) is 0 Å². The lowest BCUT2D eigenvalue weighted by Gasteiger charge is -2.20. The van der Waals surface area contributed by atoms with Crippen LogP contribution in [0.3, 0.4) is 0 Å². The molecule has 0 saturated heterocycles. The molecule has 0 fully saturated rings. The van der Waals surface area contributed by atoms with E-state index >= 15 is 0 Å². The number of nitrogens with zero attached hydrogens (tertiary/aromatic N) is 1. The van der Waals surface area contributed by atoms with Crippen molar-refractivity contribution in [3.8, 4) is 0 Å². The number of carboxylic acids is 1. The highest BCUT2D eigenvalue weighted by Crippen LogP contribution is 2.30. The highest BCUT2D eigenvalue weighted by Gasteiger charge is 2.22. The van der Waals surface area contributed by atoms with Gasteiger partial charge >= 0.3 is 0 Å². The molecule has 7 heteroatoms. The SMILES string of the molecule is CC[C@H](NS(=O)(=O)c1cccc2c(N(C)C)cccc12)C(=O)[O-]. The van der Waals surface area contributed by atoms with Crippen LogP contribution in [0.25, 0.3) is 10.8 Å². The molecule has 2 aromatic rings. The summed E-state index contributed by atoms with van der Waals surface area (Å²) in [6.07, 6.45) is 0.106. The van der Waals surface area contributed by atoms with Crippen molar-refractivity contribution in [2.24, 2.45) is 0 Å². The highest BCUT2D eigenvalue weighted by atomic mass is 32.2. The highest BCUT2D eigenvalue weighted by molar-refractivity contribution is 7.89. The second kappa shape index (κ2) is 6.55. The Bertz CT molecular complexity index is 831. The van der Waals surface area contributed by atoms with Crippen LogP contribution in [-0.2, 0) is 14.8 Å². The number of hydrogen-bond donors (Lipinski definition) is 1. The molecule has 2 rings (SSSR count). The van der Waals surface area contributed by atoms with Gasteiger partial charge in [0.15, 0.2) is 0 Å². The van der Waals surface area contributed by atoms with Gasteiger partial charge in [-0.3, -0.25) is 0 Å². The van der Waals surface area contributed by atoms with Crippen LogP contribution in [0.15, 0.2) is 41.3 Å². The third kappa shape index (κ3) is 3.46. The molecule has 0 amide bonds. The van der Waals surface area contributed by atoms with Gasteiger partial charge in [0.2, 0.25) is 10.0 Å². The van der Waals surface area contributed by atoms with Crippen molar-refractivity contribution in [3.05, 3.63) is 36.4 Å². The van der Waals surface area contributed by atoms with Gasteiger partial charge in [-0.25, -0.2) is 13.1 Å². The summed E-state index contributed by atoms with van der Waals surface area (Å²) in [5, 5.41) is 12.3. The zero-order valence-corrected chi connectivity index (χ0v) is 14.1. The fourth-order valence-electron chi connectivity index (χ4n) is 2.44. The predicted octanol–water partition coefficient (Wildman–Crippen LogP) is 0.713. The van der Waals surface area contributed by atoms with Gasteiger partial charge in [-0.05, 0) is 18.6 Å². The number of benzene rings is 2. The molecule has 0 bridgehead atoms. The molecule has 6 nitrogen and oxygen atoms in total. The Kier molecular flexibility index (Phi) is 4.91. The van der Waals surface area contributed by atoms with Crippen LogP contribution >= 0.6 is 0 Å². The number of carbonyl (C=O) groups excluding carboxylic acids is 1. The maximum absolute atomic E-state index is 12.6. The van der Waals surface area contributed by atoms with Crippen LogP contribution in [0.2, 0.25) is 0 Å². The number of carbonyl (C=O) groups is 1. The first-order valence-electron chi connectivity index (χ1n) is 7.20. The van der Waals surface area contributed by atoms with Gasteiger partial charge in [-0.1, -0.05) is 31.2 Å². The zero-order valence-electron chi connectivity index (χ0n) is 13.2. The standard InChI is InChI=1S/C16H20N2O4S/c1-4-13(16(19)20)17-23(21,22)15-10-6-7-11-12(15)8-5-9-14(11)18(2)3/h5-10,13,17H,4H2,1-3H3,(H,19,20)/p-1/t13-/m0/s1. The molecule has 0 aliphatic heterocycles. The first-order valence-corrected chi connectivity index (χ1v) is 8.68. The summed E-state index contributed by atoms with van der Waals surface area (Å²) < 4.78 is 27.4. The Hall–Kier alpha value is -2.12. The number of sulfonamides is 1. The van der Waals surface area contributed by atoms with E-state index in [9.17, 15) is 18.3 Å². The summed E-state index contributed by atoms with van der Waals surface area (Å²) in [7, 11) is -0.230. The summed E-state index contributed by atoms with van der Waals surface area (Å²) >= 11 is 0. The van der Waals surface area contributed by atoms with E-state index in [1.54, 1.807) is 25.1 Å². The molecule has 0 aliphatic rings. The van der Waals surface area contributed by atoms with E-state index in [0.717, 1.165) is 11.1 Å². The summed E-state index contributed by atoms with van der Waals surface area (Å²) in [6.45, 7) is 1.58. The average Bonchev–Trinajstić information content (AvgIpc) is 2.50. The molecule has 23 heavy (non-hydrogen) atoms. The third-order valence-corrected chi connectivity index (χ3v) is 5.15. The first-order chi connectivity index (χ1) is 10.8. The van der Waals surface area contributed by atoms with Crippen molar-refractivity contribution in [2.45, 2.75) is 24.3 Å². The minimum Gasteiger partial charge on any atom is -0.548 e. The molecular weight excluding hydrogens is 316 g/mol.